The van der Waals surface area contributed by atoms with Crippen molar-refractivity contribution >= 4 is 5.91 Å². The Hall–Kier alpha value is -1.90. The maximum Gasteiger partial charge on any atom is 0.235 e. The first kappa shape index (κ1) is 20.8. The van der Waals surface area contributed by atoms with Crippen molar-refractivity contribution in [2.45, 2.75) is 74.8 Å². The van der Waals surface area contributed by atoms with Crippen LogP contribution in [0.5, 0.6) is 0 Å². The number of hydrogen-bond donors (Lipinski definition) is 2. The van der Waals surface area contributed by atoms with Crippen molar-refractivity contribution in [3.05, 3.63) is 35.9 Å². The van der Waals surface area contributed by atoms with E-state index in [0.717, 1.165) is 57.8 Å². The molecule has 28 heavy (non-hydrogen) atoms. The number of nitrogens with zero attached hydrogens (tertiary/aromatic N) is 2. The molecular weight excluding hydrogens is 350 g/mol. The summed E-state index contributed by atoms with van der Waals surface area (Å²) in [7, 11) is 1.93. The number of aliphatic hydroxyl groups is 1. The van der Waals surface area contributed by atoms with E-state index in [9.17, 15) is 15.2 Å². The molecule has 5 heteroatoms. The van der Waals surface area contributed by atoms with Crippen LogP contribution in [-0.4, -0.2) is 47.2 Å². The van der Waals surface area contributed by atoms with Crippen LogP contribution in [-0.2, 0) is 4.79 Å². The van der Waals surface area contributed by atoms with Gasteiger partial charge in [0.25, 0.3) is 0 Å². The summed E-state index contributed by atoms with van der Waals surface area (Å²) in [5.41, 5.74) is 0.311. The van der Waals surface area contributed by atoms with Crippen LogP contribution in [0.3, 0.4) is 0 Å². The molecule has 0 bridgehead atoms. The minimum absolute atomic E-state index is 0.0572. The molecule has 2 aliphatic carbocycles. The average Bonchev–Trinajstić information content (AvgIpc) is 2.75. The Morgan fingerprint density at radius 2 is 1.82 bits per heavy atom. The highest BCUT2D eigenvalue weighted by molar-refractivity contribution is 5.79. The lowest BCUT2D eigenvalue weighted by molar-refractivity contribution is -0.126. The van der Waals surface area contributed by atoms with Crippen LogP contribution < -0.4 is 5.32 Å². The predicted octanol–water partition coefficient (Wildman–Crippen LogP) is 3.35. The quantitative estimate of drug-likeness (QED) is 0.790. The molecule has 3 rings (SSSR count). The van der Waals surface area contributed by atoms with E-state index >= 15 is 0 Å². The van der Waals surface area contributed by atoms with E-state index in [-0.39, 0.29) is 24.6 Å². The number of nitrogens with one attached hydrogen (secondary N) is 1. The van der Waals surface area contributed by atoms with Crippen molar-refractivity contribution in [3.63, 3.8) is 0 Å². The number of nitriles is 1. The molecule has 2 N–H and O–H groups in total. The molecule has 0 atom stereocenters. The van der Waals surface area contributed by atoms with Gasteiger partial charge in [-0.25, -0.2) is 0 Å². The zero-order valence-electron chi connectivity index (χ0n) is 17.0. The minimum atomic E-state index is -0.701. The molecule has 0 heterocycles. The van der Waals surface area contributed by atoms with Gasteiger partial charge >= 0.3 is 0 Å². The summed E-state index contributed by atoms with van der Waals surface area (Å²) in [6.45, 7) is 0.279. The first-order chi connectivity index (χ1) is 13.5. The SMILES string of the molecule is CN(CC(=O)NC1(C#N)CCCCC1)C1(CO)CCC(c2ccccc2)CC1. The van der Waals surface area contributed by atoms with Gasteiger partial charge in [-0.15, -0.1) is 0 Å². The highest BCUT2D eigenvalue weighted by Crippen LogP contribution is 2.40. The third-order valence-electron chi connectivity index (χ3n) is 6.97. The van der Waals surface area contributed by atoms with Crippen molar-refractivity contribution < 1.29 is 9.90 Å². The van der Waals surface area contributed by atoms with Gasteiger partial charge in [0.1, 0.15) is 5.54 Å². The fourth-order valence-electron chi connectivity index (χ4n) is 4.98. The molecule has 0 unspecified atom stereocenters. The smallest absolute Gasteiger partial charge is 0.235 e. The van der Waals surface area contributed by atoms with Crippen LogP contribution >= 0.6 is 0 Å². The van der Waals surface area contributed by atoms with E-state index in [1.165, 1.54) is 5.56 Å². The molecular formula is C23H33N3O2. The van der Waals surface area contributed by atoms with Crippen molar-refractivity contribution in [2.75, 3.05) is 20.2 Å². The first-order valence-electron chi connectivity index (χ1n) is 10.6. The molecule has 1 aromatic rings. The maximum atomic E-state index is 12.7. The summed E-state index contributed by atoms with van der Waals surface area (Å²) >= 11 is 0. The Balaban J connectivity index is 1.58. The number of hydrogen-bond acceptors (Lipinski definition) is 4. The van der Waals surface area contributed by atoms with Gasteiger partial charge in [0.2, 0.25) is 5.91 Å². The molecule has 1 amide bonds. The van der Waals surface area contributed by atoms with Crippen LogP contribution in [0.2, 0.25) is 0 Å². The zero-order valence-corrected chi connectivity index (χ0v) is 17.0. The van der Waals surface area contributed by atoms with E-state index < -0.39 is 5.54 Å². The molecule has 152 valence electrons. The summed E-state index contributed by atoms with van der Waals surface area (Å²) < 4.78 is 0. The maximum absolute atomic E-state index is 12.7. The van der Waals surface area contributed by atoms with Gasteiger partial charge in [-0.05, 0) is 57.1 Å². The molecule has 0 aromatic heterocycles. The van der Waals surface area contributed by atoms with Crippen LogP contribution in [0, 0.1) is 11.3 Å². The van der Waals surface area contributed by atoms with Gasteiger partial charge in [0, 0.05) is 5.54 Å². The van der Waals surface area contributed by atoms with Crippen LogP contribution in [0.1, 0.15) is 69.3 Å². The molecule has 0 radical (unpaired) electrons. The molecule has 2 saturated carbocycles. The Kier molecular flexibility index (Phi) is 6.74. The topological polar surface area (TPSA) is 76.4 Å². The molecule has 0 spiro atoms. The van der Waals surface area contributed by atoms with Crippen molar-refractivity contribution in [2.24, 2.45) is 0 Å². The Labute approximate surface area is 168 Å². The fourth-order valence-corrected chi connectivity index (χ4v) is 4.98. The first-order valence-corrected chi connectivity index (χ1v) is 10.6. The van der Waals surface area contributed by atoms with Crippen molar-refractivity contribution in [1.29, 1.82) is 5.26 Å². The number of likely N-dealkylation sites (N-methyl/N-ethyl adjacent to an activating group) is 1. The lowest BCUT2D eigenvalue weighted by Crippen LogP contribution is -2.57. The zero-order chi connectivity index (χ0) is 20.0. The molecule has 5 nitrogen and oxygen atoms in total. The van der Waals surface area contributed by atoms with Crippen molar-refractivity contribution in [3.8, 4) is 6.07 Å². The van der Waals surface area contributed by atoms with Crippen LogP contribution in [0.25, 0.3) is 0 Å². The second-order valence-corrected chi connectivity index (χ2v) is 8.73. The Morgan fingerprint density at radius 3 is 2.39 bits per heavy atom. The lowest BCUT2D eigenvalue weighted by atomic mass is 9.73. The number of aliphatic hydroxyl groups excluding tert-OH is 1. The van der Waals surface area contributed by atoms with Gasteiger partial charge in [0.05, 0.1) is 19.2 Å². The number of amides is 1. The number of carbonyl (C=O) groups excluding carboxylic acids is 1. The second kappa shape index (κ2) is 9.07. The van der Waals surface area contributed by atoms with Crippen LogP contribution in [0.15, 0.2) is 30.3 Å². The summed E-state index contributed by atoms with van der Waals surface area (Å²) in [4.78, 5) is 14.7. The third-order valence-corrected chi connectivity index (χ3v) is 6.97. The van der Waals surface area contributed by atoms with E-state index in [0.29, 0.717) is 5.92 Å². The van der Waals surface area contributed by atoms with Gasteiger partial charge in [-0.3, -0.25) is 9.69 Å². The number of carbonyl (C=O) groups is 1. The van der Waals surface area contributed by atoms with Gasteiger partial charge in [0.15, 0.2) is 0 Å². The summed E-state index contributed by atoms with van der Waals surface area (Å²) in [6, 6.07) is 12.9. The highest BCUT2D eigenvalue weighted by atomic mass is 16.3. The minimum Gasteiger partial charge on any atom is -0.394 e. The fraction of sp³-hybridized carbons (Fsp3) is 0.652. The van der Waals surface area contributed by atoms with Gasteiger partial charge < -0.3 is 10.4 Å². The summed E-state index contributed by atoms with van der Waals surface area (Å²) in [5.74, 6) is 0.413. The highest BCUT2D eigenvalue weighted by Gasteiger charge is 2.40. The van der Waals surface area contributed by atoms with E-state index in [1.54, 1.807) is 0 Å². The molecule has 1 aromatic carbocycles. The van der Waals surface area contributed by atoms with Gasteiger partial charge in [-0.2, -0.15) is 5.26 Å². The predicted molar refractivity (Wildman–Crippen MR) is 110 cm³/mol. The standard InChI is InChI=1S/C23H33N3O2/c1-26(16-21(28)25-22(17-24)12-6-3-7-13-22)23(18-27)14-10-20(11-15-23)19-8-4-2-5-9-19/h2,4-5,8-9,20,27H,3,6-7,10-16,18H2,1H3,(H,25,28). The molecule has 0 aliphatic heterocycles. The second-order valence-electron chi connectivity index (χ2n) is 8.73. The number of rotatable bonds is 6. The average molecular weight is 384 g/mol. The largest absolute Gasteiger partial charge is 0.394 e. The Morgan fingerprint density at radius 1 is 1.18 bits per heavy atom. The van der Waals surface area contributed by atoms with Crippen molar-refractivity contribution in [1.82, 2.24) is 10.2 Å². The molecule has 2 aliphatic rings. The van der Waals surface area contributed by atoms with E-state index in [2.05, 4.69) is 35.7 Å². The van der Waals surface area contributed by atoms with Crippen LogP contribution in [0.4, 0.5) is 0 Å². The monoisotopic (exact) mass is 383 g/mol. The molecule has 0 saturated heterocycles. The third kappa shape index (κ3) is 4.56. The number of benzene rings is 1. The lowest BCUT2D eigenvalue weighted by Gasteiger charge is -2.45. The molecule has 2 fully saturated rings. The van der Waals surface area contributed by atoms with E-state index in [4.69, 9.17) is 0 Å². The summed E-state index contributed by atoms with van der Waals surface area (Å²) in [6.07, 6.45) is 8.36. The van der Waals surface area contributed by atoms with Gasteiger partial charge in [-0.1, -0.05) is 49.6 Å². The summed E-state index contributed by atoms with van der Waals surface area (Å²) in [5, 5.41) is 22.8. The van der Waals surface area contributed by atoms with E-state index in [1.807, 2.05) is 18.0 Å². The Bertz CT molecular complexity index is 684. The normalized spacial score (nSPS) is 27.1.